The lowest BCUT2D eigenvalue weighted by molar-refractivity contribution is 0.521. The predicted octanol–water partition coefficient (Wildman–Crippen LogP) is 0.833. The molecule has 0 bridgehead atoms. The average Bonchev–Trinajstić information content (AvgIpc) is 2.96. The zero-order valence-electron chi connectivity index (χ0n) is 9.69. The quantitative estimate of drug-likeness (QED) is 0.729. The van der Waals surface area contributed by atoms with E-state index in [1.54, 1.807) is 0 Å². The lowest BCUT2D eigenvalue weighted by atomic mass is 10.1. The highest BCUT2D eigenvalue weighted by molar-refractivity contribution is 7.89. The van der Waals surface area contributed by atoms with E-state index in [0.29, 0.717) is 24.1 Å². The van der Waals surface area contributed by atoms with Crippen molar-refractivity contribution in [1.82, 2.24) is 4.72 Å². The van der Waals surface area contributed by atoms with Crippen LogP contribution in [0.1, 0.15) is 38.5 Å². The van der Waals surface area contributed by atoms with Gasteiger partial charge in [0.05, 0.1) is 5.75 Å². The summed E-state index contributed by atoms with van der Waals surface area (Å²) in [5.41, 5.74) is 5.59. The van der Waals surface area contributed by atoms with Crippen LogP contribution in [-0.2, 0) is 10.0 Å². The summed E-state index contributed by atoms with van der Waals surface area (Å²) in [6.45, 7) is 0.681. The average molecular weight is 246 g/mol. The van der Waals surface area contributed by atoms with Gasteiger partial charge in [-0.15, -0.1) is 0 Å². The summed E-state index contributed by atoms with van der Waals surface area (Å²) in [4.78, 5) is 0. The van der Waals surface area contributed by atoms with Crippen molar-refractivity contribution in [1.29, 1.82) is 0 Å². The smallest absolute Gasteiger partial charge is 0.211 e. The third-order valence-electron chi connectivity index (χ3n) is 3.71. The fourth-order valence-electron chi connectivity index (χ4n) is 2.44. The summed E-state index contributed by atoms with van der Waals surface area (Å²) < 4.78 is 26.4. The van der Waals surface area contributed by atoms with Crippen LogP contribution >= 0.6 is 0 Å². The van der Waals surface area contributed by atoms with E-state index in [-0.39, 0.29) is 6.04 Å². The van der Waals surface area contributed by atoms with Crippen molar-refractivity contribution in [3.05, 3.63) is 0 Å². The van der Waals surface area contributed by atoms with Gasteiger partial charge in [0.2, 0.25) is 10.0 Å². The normalized spacial score (nSPS) is 30.8. The molecule has 0 aromatic rings. The van der Waals surface area contributed by atoms with Crippen molar-refractivity contribution in [3.8, 4) is 0 Å². The Morgan fingerprint density at radius 1 is 1.12 bits per heavy atom. The molecule has 2 fully saturated rings. The van der Waals surface area contributed by atoms with Crippen LogP contribution in [0.4, 0.5) is 0 Å². The Bertz CT molecular complexity index is 325. The van der Waals surface area contributed by atoms with Crippen LogP contribution in [-0.4, -0.2) is 26.8 Å². The predicted molar refractivity (Wildman–Crippen MR) is 64.4 cm³/mol. The lowest BCUT2D eigenvalue weighted by Crippen LogP contribution is -2.35. The van der Waals surface area contributed by atoms with E-state index in [9.17, 15) is 8.42 Å². The zero-order valence-corrected chi connectivity index (χ0v) is 10.5. The summed E-state index contributed by atoms with van der Waals surface area (Å²) in [5.74, 6) is 1.50. The highest BCUT2D eigenvalue weighted by Gasteiger charge is 2.28. The van der Waals surface area contributed by atoms with Gasteiger partial charge in [0.25, 0.3) is 0 Å². The number of rotatable bonds is 6. The first-order chi connectivity index (χ1) is 7.59. The summed E-state index contributed by atoms with van der Waals surface area (Å²) in [6.07, 6.45) is 6.20. The van der Waals surface area contributed by atoms with Gasteiger partial charge < -0.3 is 5.73 Å². The number of hydrogen-bond acceptors (Lipinski definition) is 3. The maximum absolute atomic E-state index is 11.8. The molecule has 2 saturated carbocycles. The highest BCUT2D eigenvalue weighted by atomic mass is 32.2. The lowest BCUT2D eigenvalue weighted by Gasteiger charge is -2.13. The monoisotopic (exact) mass is 246 g/mol. The minimum Gasteiger partial charge on any atom is -0.330 e. The second-order valence-electron chi connectivity index (χ2n) is 5.28. The fourth-order valence-corrected chi connectivity index (χ4v) is 3.92. The Labute approximate surface area is 98.0 Å². The van der Waals surface area contributed by atoms with Gasteiger partial charge >= 0.3 is 0 Å². The van der Waals surface area contributed by atoms with E-state index in [1.807, 2.05) is 0 Å². The molecule has 0 aliphatic heterocycles. The van der Waals surface area contributed by atoms with Gasteiger partial charge in [0.1, 0.15) is 0 Å². The molecule has 2 aliphatic rings. The molecule has 2 rings (SSSR count). The first-order valence-corrected chi connectivity index (χ1v) is 7.94. The minimum atomic E-state index is -3.04. The Morgan fingerprint density at radius 2 is 1.81 bits per heavy atom. The van der Waals surface area contributed by atoms with Crippen molar-refractivity contribution in [2.75, 3.05) is 12.3 Å². The van der Waals surface area contributed by atoms with Gasteiger partial charge in [-0.05, 0) is 44.1 Å². The van der Waals surface area contributed by atoms with Gasteiger partial charge in [-0.1, -0.05) is 12.8 Å². The van der Waals surface area contributed by atoms with Crippen molar-refractivity contribution in [3.63, 3.8) is 0 Å². The van der Waals surface area contributed by atoms with Crippen molar-refractivity contribution in [2.24, 2.45) is 17.6 Å². The second kappa shape index (κ2) is 5.02. The Hall–Kier alpha value is -0.130. The standard InChI is InChI=1S/C11H22N2O2S/c12-8-10-3-4-11(7-10)13-16(14,15)6-5-9-1-2-9/h9-11,13H,1-8,12H2. The molecule has 3 N–H and O–H groups in total. The van der Waals surface area contributed by atoms with E-state index in [2.05, 4.69) is 4.72 Å². The third kappa shape index (κ3) is 3.71. The maximum atomic E-state index is 11.8. The van der Waals surface area contributed by atoms with Crippen LogP contribution in [0.5, 0.6) is 0 Å². The van der Waals surface area contributed by atoms with Crippen LogP contribution in [0.3, 0.4) is 0 Å². The Balaban J connectivity index is 1.74. The molecular weight excluding hydrogens is 224 g/mol. The molecule has 0 aromatic carbocycles. The molecule has 0 amide bonds. The van der Waals surface area contributed by atoms with Crippen LogP contribution in [0.15, 0.2) is 0 Å². The second-order valence-corrected chi connectivity index (χ2v) is 7.15. The van der Waals surface area contributed by atoms with E-state index < -0.39 is 10.0 Å². The Morgan fingerprint density at radius 3 is 2.38 bits per heavy atom. The number of hydrogen-bond donors (Lipinski definition) is 2. The van der Waals surface area contributed by atoms with Gasteiger partial charge in [-0.2, -0.15) is 0 Å². The fraction of sp³-hybridized carbons (Fsp3) is 1.00. The summed E-state index contributed by atoms with van der Waals surface area (Å²) in [7, 11) is -3.04. The van der Waals surface area contributed by atoms with Gasteiger partial charge in [0.15, 0.2) is 0 Å². The van der Waals surface area contributed by atoms with Gasteiger partial charge in [-0.3, -0.25) is 0 Å². The topological polar surface area (TPSA) is 72.2 Å². The van der Waals surface area contributed by atoms with Gasteiger partial charge in [-0.25, -0.2) is 13.1 Å². The maximum Gasteiger partial charge on any atom is 0.211 e. The van der Waals surface area contributed by atoms with Crippen LogP contribution < -0.4 is 10.5 Å². The van der Waals surface area contributed by atoms with Crippen LogP contribution in [0.25, 0.3) is 0 Å². The van der Waals surface area contributed by atoms with E-state index >= 15 is 0 Å². The molecule has 0 aromatic heterocycles. The van der Waals surface area contributed by atoms with E-state index in [1.165, 1.54) is 12.8 Å². The molecule has 2 atom stereocenters. The molecule has 4 nitrogen and oxygen atoms in total. The first kappa shape index (κ1) is 12.3. The highest BCUT2D eigenvalue weighted by Crippen LogP contribution is 2.32. The third-order valence-corrected chi connectivity index (χ3v) is 5.18. The molecule has 0 saturated heterocycles. The summed E-state index contributed by atoms with van der Waals surface area (Å²) >= 11 is 0. The summed E-state index contributed by atoms with van der Waals surface area (Å²) in [5, 5.41) is 0. The molecule has 5 heteroatoms. The van der Waals surface area contributed by atoms with Crippen LogP contribution in [0.2, 0.25) is 0 Å². The number of nitrogens with one attached hydrogen (secondary N) is 1. The molecule has 0 spiro atoms. The van der Waals surface area contributed by atoms with Crippen molar-refractivity contribution < 1.29 is 8.42 Å². The first-order valence-electron chi connectivity index (χ1n) is 6.29. The molecule has 2 aliphatic carbocycles. The molecule has 0 radical (unpaired) electrons. The largest absolute Gasteiger partial charge is 0.330 e. The summed E-state index contributed by atoms with van der Waals surface area (Å²) in [6, 6.07) is 0.137. The molecule has 94 valence electrons. The molecule has 0 heterocycles. The number of sulfonamides is 1. The van der Waals surface area contributed by atoms with E-state index in [0.717, 1.165) is 25.7 Å². The SMILES string of the molecule is NCC1CCC(NS(=O)(=O)CCC2CC2)C1. The number of nitrogens with two attached hydrogens (primary N) is 1. The van der Waals surface area contributed by atoms with Crippen LogP contribution in [0, 0.1) is 11.8 Å². The van der Waals surface area contributed by atoms with Crippen molar-refractivity contribution >= 4 is 10.0 Å². The molecular formula is C11H22N2O2S. The zero-order chi connectivity index (χ0) is 11.6. The minimum absolute atomic E-state index is 0.137. The Kier molecular flexibility index (Phi) is 3.87. The molecule has 16 heavy (non-hydrogen) atoms. The van der Waals surface area contributed by atoms with Crippen molar-refractivity contribution in [2.45, 2.75) is 44.6 Å². The van der Waals surface area contributed by atoms with E-state index in [4.69, 9.17) is 5.73 Å². The molecule has 2 unspecified atom stereocenters. The van der Waals surface area contributed by atoms with Gasteiger partial charge in [0, 0.05) is 6.04 Å².